The second kappa shape index (κ2) is 9.05. The van der Waals surface area contributed by atoms with Gasteiger partial charge in [-0.25, -0.2) is 4.98 Å². The Labute approximate surface area is 175 Å². The molecular formula is C24H22N4O2. The van der Waals surface area contributed by atoms with Gasteiger partial charge in [0.2, 0.25) is 5.91 Å². The van der Waals surface area contributed by atoms with Crippen molar-refractivity contribution in [2.45, 2.75) is 19.3 Å². The second-order valence-electron chi connectivity index (χ2n) is 7.01. The van der Waals surface area contributed by atoms with Crippen molar-refractivity contribution in [2.24, 2.45) is 0 Å². The van der Waals surface area contributed by atoms with Crippen molar-refractivity contribution in [3.05, 3.63) is 102 Å². The highest BCUT2D eigenvalue weighted by molar-refractivity contribution is 5.90. The van der Waals surface area contributed by atoms with Crippen molar-refractivity contribution < 1.29 is 9.32 Å². The lowest BCUT2D eigenvalue weighted by Gasteiger charge is -2.17. The summed E-state index contributed by atoms with van der Waals surface area (Å²) in [4.78, 5) is 17.1. The molecule has 30 heavy (non-hydrogen) atoms. The van der Waals surface area contributed by atoms with Gasteiger partial charge in [-0.05, 0) is 30.2 Å². The fourth-order valence-corrected chi connectivity index (χ4v) is 3.29. The highest BCUT2D eigenvalue weighted by Crippen LogP contribution is 2.28. The lowest BCUT2D eigenvalue weighted by molar-refractivity contribution is -0.116. The number of nitrogens with zero attached hydrogens (tertiary/aromatic N) is 2. The van der Waals surface area contributed by atoms with Crippen molar-refractivity contribution in [1.29, 1.82) is 0 Å². The fraction of sp³-hybridized carbons (Fsp3) is 0.125. The molecule has 2 N–H and O–H groups in total. The number of carbonyl (C=O) groups is 1. The zero-order valence-corrected chi connectivity index (χ0v) is 16.6. The van der Waals surface area contributed by atoms with Gasteiger partial charge >= 0.3 is 0 Å². The zero-order chi connectivity index (χ0) is 20.8. The molecule has 0 bridgehead atoms. The van der Waals surface area contributed by atoms with E-state index in [1.807, 2.05) is 49.4 Å². The molecule has 0 aliphatic heterocycles. The lowest BCUT2D eigenvalue weighted by atomic mass is 9.88. The number of rotatable bonds is 7. The van der Waals surface area contributed by atoms with Gasteiger partial charge < -0.3 is 15.2 Å². The molecule has 2 aromatic carbocycles. The Balaban J connectivity index is 1.43. The molecule has 0 unspecified atom stereocenters. The lowest BCUT2D eigenvalue weighted by Crippen LogP contribution is -2.17. The highest BCUT2D eigenvalue weighted by Gasteiger charge is 2.18. The summed E-state index contributed by atoms with van der Waals surface area (Å²) in [6.45, 7) is 1.83. The molecule has 0 radical (unpaired) electrons. The van der Waals surface area contributed by atoms with Gasteiger partial charge in [-0.3, -0.25) is 4.79 Å². The van der Waals surface area contributed by atoms with Crippen LogP contribution in [0, 0.1) is 6.92 Å². The first-order chi connectivity index (χ1) is 14.7. The minimum atomic E-state index is -0.0898. The van der Waals surface area contributed by atoms with Crippen LogP contribution in [0.15, 0.2) is 89.6 Å². The van der Waals surface area contributed by atoms with Crippen LogP contribution in [0.5, 0.6) is 0 Å². The topological polar surface area (TPSA) is 80.0 Å². The van der Waals surface area contributed by atoms with Crippen LogP contribution in [-0.2, 0) is 4.79 Å². The molecule has 4 aromatic rings. The summed E-state index contributed by atoms with van der Waals surface area (Å²) in [6, 6.07) is 25.5. The summed E-state index contributed by atoms with van der Waals surface area (Å²) in [5, 5.41) is 9.88. The minimum absolute atomic E-state index is 0.0243. The quantitative estimate of drug-likeness (QED) is 0.443. The Hall–Kier alpha value is -3.93. The minimum Gasteiger partial charge on any atom is -0.360 e. The smallest absolute Gasteiger partial charge is 0.226 e. The molecule has 0 fully saturated rings. The van der Waals surface area contributed by atoms with E-state index < -0.39 is 0 Å². The Morgan fingerprint density at radius 1 is 0.933 bits per heavy atom. The van der Waals surface area contributed by atoms with Crippen molar-refractivity contribution in [3.63, 3.8) is 0 Å². The molecule has 0 saturated heterocycles. The number of amides is 1. The van der Waals surface area contributed by atoms with Gasteiger partial charge in [-0.2, -0.15) is 0 Å². The number of hydrogen-bond donors (Lipinski definition) is 2. The molecule has 150 valence electrons. The van der Waals surface area contributed by atoms with Crippen LogP contribution in [0.3, 0.4) is 0 Å². The van der Waals surface area contributed by atoms with Gasteiger partial charge in [0.05, 0.1) is 11.9 Å². The largest absolute Gasteiger partial charge is 0.360 e. The average Bonchev–Trinajstić information content (AvgIpc) is 3.19. The maximum absolute atomic E-state index is 12.8. The van der Waals surface area contributed by atoms with Crippen molar-refractivity contribution in [1.82, 2.24) is 10.1 Å². The molecule has 0 spiro atoms. The van der Waals surface area contributed by atoms with Crippen molar-refractivity contribution >= 4 is 23.2 Å². The number of hydrogen-bond acceptors (Lipinski definition) is 5. The number of aryl methyl sites for hydroxylation is 1. The van der Waals surface area contributed by atoms with Crippen LogP contribution in [0.4, 0.5) is 17.3 Å². The van der Waals surface area contributed by atoms with Crippen LogP contribution in [0.2, 0.25) is 0 Å². The summed E-state index contributed by atoms with van der Waals surface area (Å²) in [7, 11) is 0. The van der Waals surface area contributed by atoms with Gasteiger partial charge in [0, 0.05) is 18.4 Å². The van der Waals surface area contributed by atoms with E-state index in [1.54, 1.807) is 18.3 Å². The zero-order valence-electron chi connectivity index (χ0n) is 16.6. The van der Waals surface area contributed by atoms with Gasteiger partial charge in [0.25, 0.3) is 0 Å². The third-order valence-electron chi connectivity index (χ3n) is 4.72. The molecule has 2 aromatic heterocycles. The number of nitrogens with one attached hydrogen (secondary N) is 2. The molecule has 2 heterocycles. The van der Waals surface area contributed by atoms with Gasteiger partial charge in [-0.1, -0.05) is 65.8 Å². The summed E-state index contributed by atoms with van der Waals surface area (Å²) in [5.41, 5.74) is 2.97. The van der Waals surface area contributed by atoms with Gasteiger partial charge in [-0.15, -0.1) is 0 Å². The van der Waals surface area contributed by atoms with E-state index in [0.29, 0.717) is 18.1 Å². The van der Waals surface area contributed by atoms with E-state index >= 15 is 0 Å². The average molecular weight is 398 g/mol. The van der Waals surface area contributed by atoms with Crippen LogP contribution in [0.25, 0.3) is 0 Å². The Kier molecular flexibility index (Phi) is 5.85. The molecule has 0 saturated carbocycles. The molecule has 6 nitrogen and oxygen atoms in total. The fourth-order valence-electron chi connectivity index (χ4n) is 3.29. The molecule has 0 aliphatic carbocycles. The monoisotopic (exact) mass is 398 g/mol. The first kappa shape index (κ1) is 19.4. The SMILES string of the molecule is Cc1cc(Nc2ccc(NC(=O)CC(c3ccccc3)c3ccccc3)nc2)no1. The van der Waals surface area contributed by atoms with E-state index in [9.17, 15) is 4.79 Å². The first-order valence-electron chi connectivity index (χ1n) is 9.73. The second-order valence-corrected chi connectivity index (χ2v) is 7.01. The number of benzene rings is 2. The predicted octanol–water partition coefficient (Wildman–Crippen LogP) is 5.28. The normalized spacial score (nSPS) is 10.7. The van der Waals surface area contributed by atoms with Gasteiger partial charge in [0.15, 0.2) is 5.82 Å². The summed E-state index contributed by atoms with van der Waals surface area (Å²) < 4.78 is 5.03. The maximum Gasteiger partial charge on any atom is 0.226 e. The van der Waals surface area contributed by atoms with Crippen molar-refractivity contribution in [3.8, 4) is 0 Å². The van der Waals surface area contributed by atoms with Crippen LogP contribution < -0.4 is 10.6 Å². The maximum atomic E-state index is 12.8. The van der Waals surface area contributed by atoms with Crippen LogP contribution in [-0.4, -0.2) is 16.0 Å². The summed E-state index contributed by atoms with van der Waals surface area (Å²) in [6.07, 6.45) is 1.97. The summed E-state index contributed by atoms with van der Waals surface area (Å²) >= 11 is 0. The van der Waals surface area contributed by atoms with E-state index in [0.717, 1.165) is 22.6 Å². The standard InChI is InChI=1S/C24H22N4O2/c1-17-14-23(28-30-17)26-20-12-13-22(25-16-20)27-24(29)15-21(18-8-4-2-5-9-18)19-10-6-3-7-11-19/h2-14,16,21H,15H2,1H3,(H,26,28)(H,25,27,29). The molecule has 0 aliphatic rings. The van der Waals surface area contributed by atoms with Crippen molar-refractivity contribution in [2.75, 3.05) is 10.6 Å². The number of aromatic nitrogens is 2. The predicted molar refractivity (Wildman–Crippen MR) is 117 cm³/mol. The van der Waals surface area contributed by atoms with E-state index in [-0.39, 0.29) is 11.8 Å². The van der Waals surface area contributed by atoms with Gasteiger partial charge in [0.1, 0.15) is 11.6 Å². The van der Waals surface area contributed by atoms with Crippen LogP contribution in [0.1, 0.15) is 29.2 Å². The molecule has 4 rings (SSSR count). The van der Waals surface area contributed by atoms with E-state index in [1.165, 1.54) is 0 Å². The first-order valence-corrected chi connectivity index (χ1v) is 9.73. The van der Waals surface area contributed by atoms with E-state index in [4.69, 9.17) is 4.52 Å². The third kappa shape index (κ3) is 4.91. The highest BCUT2D eigenvalue weighted by atomic mass is 16.5. The molecule has 0 atom stereocenters. The molecule has 1 amide bonds. The number of carbonyl (C=O) groups excluding carboxylic acids is 1. The Morgan fingerprint density at radius 3 is 2.13 bits per heavy atom. The summed E-state index contributed by atoms with van der Waals surface area (Å²) in [5.74, 6) is 1.72. The molecular weight excluding hydrogens is 376 g/mol. The Morgan fingerprint density at radius 2 is 1.60 bits per heavy atom. The Bertz CT molecular complexity index is 1050. The molecule has 6 heteroatoms. The number of anilines is 3. The number of pyridine rings is 1. The third-order valence-corrected chi connectivity index (χ3v) is 4.72. The van der Waals surface area contributed by atoms with E-state index in [2.05, 4.69) is 45.0 Å². The van der Waals surface area contributed by atoms with Crippen LogP contribution >= 0.6 is 0 Å².